The minimum Gasteiger partial charge on any atom is -0.490 e. The first-order chi connectivity index (χ1) is 14.3. The second-order valence-electron chi connectivity index (χ2n) is 7.76. The standard InChI is InChI=1S/C21H27F3N2O4/c22-21(23,24)14-29-20(28)26-12-4-7-18(26)19(27)25-13-15-8-10-17(11-9-15)30-16-5-2-1-3-6-16/h8-11,16,18H,1-7,12-14H2,(H,25,27). The summed E-state index contributed by atoms with van der Waals surface area (Å²) in [6.45, 7) is -1.21. The topological polar surface area (TPSA) is 67.9 Å². The highest BCUT2D eigenvalue weighted by atomic mass is 19.4. The Morgan fingerprint density at radius 3 is 2.40 bits per heavy atom. The van der Waals surface area contributed by atoms with Crippen molar-refractivity contribution in [1.29, 1.82) is 0 Å². The number of ether oxygens (including phenoxy) is 2. The van der Waals surface area contributed by atoms with Gasteiger partial charge in [0, 0.05) is 13.1 Å². The molecule has 30 heavy (non-hydrogen) atoms. The number of hydrogen-bond acceptors (Lipinski definition) is 4. The van der Waals surface area contributed by atoms with Crippen LogP contribution in [0.1, 0.15) is 50.5 Å². The number of nitrogens with zero attached hydrogens (tertiary/aromatic N) is 1. The maximum atomic E-state index is 12.5. The van der Waals surface area contributed by atoms with Crippen LogP contribution in [0.4, 0.5) is 18.0 Å². The summed E-state index contributed by atoms with van der Waals surface area (Å²) < 4.78 is 47.0. The van der Waals surface area contributed by atoms with Gasteiger partial charge in [-0.2, -0.15) is 13.2 Å². The van der Waals surface area contributed by atoms with Gasteiger partial charge in [0.2, 0.25) is 5.91 Å². The van der Waals surface area contributed by atoms with Gasteiger partial charge in [-0.05, 0) is 56.2 Å². The van der Waals surface area contributed by atoms with Crippen molar-refractivity contribution in [3.8, 4) is 5.75 Å². The Kier molecular flexibility index (Phi) is 7.44. The molecule has 1 aliphatic heterocycles. The molecular weight excluding hydrogens is 401 g/mol. The van der Waals surface area contributed by atoms with Crippen molar-refractivity contribution in [3.05, 3.63) is 29.8 Å². The van der Waals surface area contributed by atoms with E-state index in [-0.39, 0.29) is 19.2 Å². The smallest absolute Gasteiger partial charge is 0.422 e. The Morgan fingerprint density at radius 1 is 1.03 bits per heavy atom. The molecule has 166 valence electrons. The number of alkyl halides is 3. The fraction of sp³-hybridized carbons (Fsp3) is 0.619. The van der Waals surface area contributed by atoms with Crippen LogP contribution in [-0.4, -0.2) is 48.4 Å². The van der Waals surface area contributed by atoms with Crippen LogP contribution < -0.4 is 10.1 Å². The molecule has 1 heterocycles. The molecule has 3 rings (SSSR count). The Morgan fingerprint density at radius 2 is 1.73 bits per heavy atom. The average Bonchev–Trinajstić information content (AvgIpc) is 3.22. The van der Waals surface area contributed by atoms with Crippen molar-refractivity contribution >= 4 is 12.0 Å². The maximum absolute atomic E-state index is 12.5. The van der Waals surface area contributed by atoms with Gasteiger partial charge in [-0.1, -0.05) is 18.6 Å². The highest BCUT2D eigenvalue weighted by Gasteiger charge is 2.37. The monoisotopic (exact) mass is 428 g/mol. The Bertz CT molecular complexity index is 718. The van der Waals surface area contributed by atoms with Crippen molar-refractivity contribution in [2.75, 3.05) is 13.2 Å². The highest BCUT2D eigenvalue weighted by Crippen LogP contribution is 2.24. The van der Waals surface area contributed by atoms with Crippen LogP contribution in [0, 0.1) is 0 Å². The molecule has 1 saturated heterocycles. The first-order valence-electron chi connectivity index (χ1n) is 10.4. The van der Waals surface area contributed by atoms with Crippen molar-refractivity contribution in [1.82, 2.24) is 10.2 Å². The zero-order chi connectivity index (χ0) is 21.6. The molecular formula is C21H27F3N2O4. The fourth-order valence-electron chi connectivity index (χ4n) is 3.85. The zero-order valence-electron chi connectivity index (χ0n) is 16.7. The van der Waals surface area contributed by atoms with Gasteiger partial charge in [0.1, 0.15) is 11.8 Å². The Balaban J connectivity index is 1.46. The Hall–Kier alpha value is -2.45. The summed E-state index contributed by atoms with van der Waals surface area (Å²) in [5.41, 5.74) is 0.864. The van der Waals surface area contributed by atoms with Crippen LogP contribution in [0.3, 0.4) is 0 Å². The van der Waals surface area contributed by atoms with E-state index in [1.807, 2.05) is 24.3 Å². The lowest BCUT2D eigenvalue weighted by Gasteiger charge is -2.24. The van der Waals surface area contributed by atoms with Gasteiger partial charge in [-0.15, -0.1) is 0 Å². The molecule has 1 atom stereocenters. The summed E-state index contributed by atoms with van der Waals surface area (Å²) in [5.74, 6) is 0.394. The second kappa shape index (κ2) is 10.0. The number of hydrogen-bond donors (Lipinski definition) is 1. The van der Waals surface area contributed by atoms with Gasteiger partial charge in [0.05, 0.1) is 6.10 Å². The molecule has 0 bridgehead atoms. The van der Waals surface area contributed by atoms with E-state index in [4.69, 9.17) is 4.74 Å². The van der Waals surface area contributed by atoms with E-state index in [2.05, 4.69) is 10.1 Å². The minimum absolute atomic E-state index is 0.196. The van der Waals surface area contributed by atoms with Crippen molar-refractivity contribution in [2.45, 2.75) is 69.8 Å². The SMILES string of the molecule is O=C(NCc1ccc(OC2CCCCC2)cc1)C1CCCN1C(=O)OCC(F)(F)F. The molecule has 0 radical (unpaired) electrons. The molecule has 0 aromatic heterocycles. The molecule has 6 nitrogen and oxygen atoms in total. The number of carbonyl (C=O) groups is 2. The fourth-order valence-corrected chi connectivity index (χ4v) is 3.85. The number of rotatable bonds is 6. The molecule has 0 spiro atoms. The third-order valence-electron chi connectivity index (χ3n) is 5.39. The quantitative estimate of drug-likeness (QED) is 0.738. The summed E-state index contributed by atoms with van der Waals surface area (Å²) in [5, 5.41) is 2.75. The zero-order valence-corrected chi connectivity index (χ0v) is 16.7. The first kappa shape index (κ1) is 22.2. The molecule has 1 saturated carbocycles. The van der Waals surface area contributed by atoms with Gasteiger partial charge in [0.25, 0.3) is 0 Å². The molecule has 2 aliphatic rings. The number of nitrogens with one attached hydrogen (secondary N) is 1. The van der Waals surface area contributed by atoms with Gasteiger partial charge >= 0.3 is 12.3 Å². The molecule has 2 amide bonds. The maximum Gasteiger partial charge on any atom is 0.422 e. The first-order valence-corrected chi connectivity index (χ1v) is 10.4. The van der Waals surface area contributed by atoms with Crippen molar-refractivity contribution in [2.24, 2.45) is 0 Å². The van der Waals surface area contributed by atoms with Crippen LogP contribution >= 0.6 is 0 Å². The van der Waals surface area contributed by atoms with Gasteiger partial charge in [-0.25, -0.2) is 4.79 Å². The minimum atomic E-state index is -4.60. The van der Waals surface area contributed by atoms with Gasteiger partial charge in [-0.3, -0.25) is 9.69 Å². The largest absolute Gasteiger partial charge is 0.490 e. The summed E-state index contributed by atoms with van der Waals surface area (Å²) in [6.07, 6.45) is 1.25. The van der Waals surface area contributed by atoms with E-state index in [0.717, 1.165) is 29.1 Å². The number of halogens is 3. The normalized spacial score (nSPS) is 20.1. The van der Waals surface area contributed by atoms with Crippen LogP contribution in [-0.2, 0) is 16.1 Å². The number of benzene rings is 1. The van der Waals surface area contributed by atoms with Crippen LogP contribution in [0.5, 0.6) is 5.75 Å². The highest BCUT2D eigenvalue weighted by molar-refractivity contribution is 5.86. The van der Waals surface area contributed by atoms with Gasteiger partial charge in [0.15, 0.2) is 6.61 Å². The number of likely N-dealkylation sites (tertiary alicyclic amines) is 1. The second-order valence-corrected chi connectivity index (χ2v) is 7.76. The Labute approximate surface area is 173 Å². The van der Waals surface area contributed by atoms with Gasteiger partial charge < -0.3 is 14.8 Å². The van der Waals surface area contributed by atoms with E-state index in [9.17, 15) is 22.8 Å². The molecule has 1 unspecified atom stereocenters. The summed E-state index contributed by atoms with van der Waals surface area (Å²) in [6, 6.07) is 6.64. The van der Waals surface area contributed by atoms with E-state index in [0.29, 0.717) is 12.8 Å². The molecule has 9 heteroatoms. The lowest BCUT2D eigenvalue weighted by atomic mass is 9.98. The third-order valence-corrected chi connectivity index (χ3v) is 5.39. The molecule has 2 fully saturated rings. The van der Waals surface area contributed by atoms with Crippen LogP contribution in [0.2, 0.25) is 0 Å². The molecule has 1 aromatic carbocycles. The number of carbonyl (C=O) groups excluding carboxylic acids is 2. The van der Waals surface area contributed by atoms with E-state index in [1.165, 1.54) is 19.3 Å². The van der Waals surface area contributed by atoms with Crippen molar-refractivity contribution in [3.63, 3.8) is 0 Å². The third kappa shape index (κ3) is 6.53. The van der Waals surface area contributed by atoms with Crippen LogP contribution in [0.25, 0.3) is 0 Å². The summed E-state index contributed by atoms with van der Waals surface area (Å²) >= 11 is 0. The predicted octanol–water partition coefficient (Wildman–Crippen LogP) is 4.18. The molecule has 1 aromatic rings. The average molecular weight is 428 g/mol. The van der Waals surface area contributed by atoms with E-state index in [1.54, 1.807) is 0 Å². The predicted molar refractivity (Wildman–Crippen MR) is 103 cm³/mol. The summed E-state index contributed by atoms with van der Waals surface area (Å²) in [4.78, 5) is 25.4. The van der Waals surface area contributed by atoms with Crippen LogP contribution in [0.15, 0.2) is 24.3 Å². The van der Waals surface area contributed by atoms with E-state index >= 15 is 0 Å². The molecule has 1 aliphatic carbocycles. The lowest BCUT2D eigenvalue weighted by Crippen LogP contribution is -2.46. The van der Waals surface area contributed by atoms with Crippen molar-refractivity contribution < 1.29 is 32.2 Å². The number of amides is 2. The lowest BCUT2D eigenvalue weighted by molar-refractivity contribution is -0.162. The van der Waals surface area contributed by atoms with E-state index < -0.39 is 30.8 Å². The summed E-state index contributed by atoms with van der Waals surface area (Å²) in [7, 11) is 0. The molecule has 1 N–H and O–H groups in total.